The Bertz CT molecular complexity index is 432. The van der Waals surface area contributed by atoms with Crippen LogP contribution in [0.5, 0.6) is 0 Å². The van der Waals surface area contributed by atoms with Crippen molar-refractivity contribution in [1.82, 2.24) is 10.3 Å². The number of sulfone groups is 1. The molecule has 0 amide bonds. The van der Waals surface area contributed by atoms with Gasteiger partial charge in [0.15, 0.2) is 0 Å². The SMILES string of the molecule is Cc1nc(CNC(C)CS(C)(=O)=O)sc1C. The van der Waals surface area contributed by atoms with Gasteiger partial charge in [-0.15, -0.1) is 11.3 Å². The van der Waals surface area contributed by atoms with Gasteiger partial charge >= 0.3 is 0 Å². The Kier molecular flexibility index (Phi) is 4.46. The molecule has 0 aliphatic heterocycles. The third-order valence-electron chi connectivity index (χ3n) is 2.23. The average Bonchev–Trinajstić information content (AvgIpc) is 2.40. The molecule has 16 heavy (non-hydrogen) atoms. The molecule has 0 aromatic carbocycles. The molecule has 0 aliphatic rings. The second-order valence-corrected chi connectivity index (χ2v) is 7.60. The third kappa shape index (κ3) is 4.59. The predicted octanol–water partition coefficient (Wildman–Crippen LogP) is 1.28. The largest absolute Gasteiger partial charge is 0.307 e. The van der Waals surface area contributed by atoms with E-state index in [1.54, 1.807) is 11.3 Å². The van der Waals surface area contributed by atoms with Crippen LogP contribution in [0.1, 0.15) is 22.5 Å². The third-order valence-corrected chi connectivity index (χ3v) is 4.41. The highest BCUT2D eigenvalue weighted by Crippen LogP contribution is 2.16. The molecule has 1 rings (SSSR count). The highest BCUT2D eigenvalue weighted by atomic mass is 32.2. The van der Waals surface area contributed by atoms with E-state index in [1.165, 1.54) is 11.1 Å². The zero-order chi connectivity index (χ0) is 12.3. The van der Waals surface area contributed by atoms with Crippen LogP contribution < -0.4 is 5.32 Å². The topological polar surface area (TPSA) is 59.1 Å². The van der Waals surface area contributed by atoms with Crippen LogP contribution in [0.15, 0.2) is 0 Å². The summed E-state index contributed by atoms with van der Waals surface area (Å²) in [5.41, 5.74) is 1.05. The van der Waals surface area contributed by atoms with E-state index in [0.29, 0.717) is 6.54 Å². The number of nitrogens with one attached hydrogen (secondary N) is 1. The monoisotopic (exact) mass is 262 g/mol. The van der Waals surface area contributed by atoms with Gasteiger partial charge in [0.05, 0.1) is 11.4 Å². The Balaban J connectivity index is 2.46. The molecule has 4 nitrogen and oxygen atoms in total. The molecular formula is C10H18N2O2S2. The number of aromatic nitrogens is 1. The standard InChI is InChI=1S/C10H18N2O2S2/c1-7(6-16(4,13)14)11-5-10-12-8(2)9(3)15-10/h7,11H,5-6H2,1-4H3. The predicted molar refractivity (Wildman–Crippen MR) is 67.6 cm³/mol. The summed E-state index contributed by atoms with van der Waals surface area (Å²) < 4.78 is 22.1. The first kappa shape index (κ1) is 13.6. The van der Waals surface area contributed by atoms with E-state index in [-0.39, 0.29) is 11.8 Å². The summed E-state index contributed by atoms with van der Waals surface area (Å²) in [5, 5.41) is 4.17. The molecular weight excluding hydrogens is 244 g/mol. The maximum Gasteiger partial charge on any atom is 0.148 e. The molecule has 0 spiro atoms. The summed E-state index contributed by atoms with van der Waals surface area (Å²) in [7, 11) is -2.91. The number of hydrogen-bond acceptors (Lipinski definition) is 5. The molecule has 1 unspecified atom stereocenters. The smallest absolute Gasteiger partial charge is 0.148 e. The van der Waals surface area contributed by atoms with Crippen LogP contribution in [0.3, 0.4) is 0 Å². The maximum atomic E-state index is 11.1. The second kappa shape index (κ2) is 5.25. The van der Waals surface area contributed by atoms with Gasteiger partial charge in [-0.05, 0) is 20.8 Å². The lowest BCUT2D eigenvalue weighted by molar-refractivity contribution is 0.559. The van der Waals surface area contributed by atoms with E-state index in [4.69, 9.17) is 0 Å². The summed E-state index contributed by atoms with van der Waals surface area (Å²) in [6.07, 6.45) is 1.25. The first-order valence-corrected chi connectivity index (χ1v) is 7.99. The van der Waals surface area contributed by atoms with Crippen LogP contribution in [0.25, 0.3) is 0 Å². The van der Waals surface area contributed by atoms with Crippen molar-refractivity contribution in [3.63, 3.8) is 0 Å². The number of thiazole rings is 1. The lowest BCUT2D eigenvalue weighted by Gasteiger charge is -2.10. The first-order valence-electron chi connectivity index (χ1n) is 5.12. The van der Waals surface area contributed by atoms with Crippen LogP contribution in [-0.2, 0) is 16.4 Å². The molecule has 0 aliphatic carbocycles. The zero-order valence-electron chi connectivity index (χ0n) is 10.1. The van der Waals surface area contributed by atoms with Gasteiger partial charge in [-0.1, -0.05) is 0 Å². The van der Waals surface area contributed by atoms with Gasteiger partial charge in [-0.25, -0.2) is 13.4 Å². The molecule has 1 atom stereocenters. The number of rotatable bonds is 5. The van der Waals surface area contributed by atoms with Gasteiger partial charge in [0.2, 0.25) is 0 Å². The maximum absolute atomic E-state index is 11.1. The van der Waals surface area contributed by atoms with Gasteiger partial charge in [0.1, 0.15) is 14.8 Å². The van der Waals surface area contributed by atoms with Crippen molar-refractivity contribution in [2.75, 3.05) is 12.0 Å². The van der Waals surface area contributed by atoms with E-state index in [2.05, 4.69) is 10.3 Å². The Morgan fingerprint density at radius 3 is 2.50 bits per heavy atom. The lowest BCUT2D eigenvalue weighted by Crippen LogP contribution is -2.32. The molecule has 1 N–H and O–H groups in total. The van der Waals surface area contributed by atoms with Crippen molar-refractivity contribution in [3.05, 3.63) is 15.6 Å². The molecule has 0 bridgehead atoms. The van der Waals surface area contributed by atoms with Gasteiger partial charge in [-0.3, -0.25) is 0 Å². The number of nitrogens with zero attached hydrogens (tertiary/aromatic N) is 1. The summed E-state index contributed by atoms with van der Waals surface area (Å²) in [6, 6.07) is -0.0421. The van der Waals surface area contributed by atoms with Crippen LogP contribution in [0.2, 0.25) is 0 Å². The highest BCUT2D eigenvalue weighted by Gasteiger charge is 2.11. The van der Waals surface area contributed by atoms with Crippen LogP contribution in [-0.4, -0.2) is 31.5 Å². The fourth-order valence-corrected chi connectivity index (χ4v) is 3.30. The minimum absolute atomic E-state index is 0.0421. The molecule has 0 saturated heterocycles. The average molecular weight is 262 g/mol. The first-order chi connectivity index (χ1) is 7.28. The van der Waals surface area contributed by atoms with Crippen molar-refractivity contribution < 1.29 is 8.42 Å². The van der Waals surface area contributed by atoms with Crippen LogP contribution in [0.4, 0.5) is 0 Å². The minimum atomic E-state index is -2.91. The Hall–Kier alpha value is -0.460. The van der Waals surface area contributed by atoms with Crippen LogP contribution in [0, 0.1) is 13.8 Å². The quantitative estimate of drug-likeness (QED) is 0.868. The molecule has 6 heteroatoms. The van der Waals surface area contributed by atoms with Crippen molar-refractivity contribution in [1.29, 1.82) is 0 Å². The van der Waals surface area contributed by atoms with E-state index in [1.807, 2.05) is 20.8 Å². The molecule has 1 aromatic heterocycles. The summed E-state index contributed by atoms with van der Waals surface area (Å²) in [5.74, 6) is 0.163. The summed E-state index contributed by atoms with van der Waals surface area (Å²) in [6.45, 7) is 6.52. The highest BCUT2D eigenvalue weighted by molar-refractivity contribution is 7.90. The fraction of sp³-hybridized carbons (Fsp3) is 0.700. The van der Waals surface area contributed by atoms with Crippen molar-refractivity contribution in [2.24, 2.45) is 0 Å². The number of aryl methyl sites for hydroxylation is 2. The van der Waals surface area contributed by atoms with Gasteiger partial charge in [-0.2, -0.15) is 0 Å². The van der Waals surface area contributed by atoms with Gasteiger partial charge in [0, 0.05) is 23.7 Å². The van der Waals surface area contributed by atoms with E-state index >= 15 is 0 Å². The molecule has 1 heterocycles. The molecule has 1 aromatic rings. The van der Waals surface area contributed by atoms with Crippen molar-refractivity contribution in [3.8, 4) is 0 Å². The van der Waals surface area contributed by atoms with Gasteiger partial charge in [0.25, 0.3) is 0 Å². The zero-order valence-corrected chi connectivity index (χ0v) is 11.7. The molecule has 0 saturated carbocycles. The van der Waals surface area contributed by atoms with Gasteiger partial charge < -0.3 is 5.32 Å². The number of hydrogen-bond donors (Lipinski definition) is 1. The molecule has 92 valence electrons. The lowest BCUT2D eigenvalue weighted by atomic mass is 10.4. The van der Waals surface area contributed by atoms with Crippen molar-refractivity contribution in [2.45, 2.75) is 33.4 Å². The van der Waals surface area contributed by atoms with E-state index < -0.39 is 9.84 Å². The van der Waals surface area contributed by atoms with E-state index in [0.717, 1.165) is 10.7 Å². The van der Waals surface area contributed by atoms with Crippen molar-refractivity contribution >= 4 is 21.2 Å². The summed E-state index contributed by atoms with van der Waals surface area (Å²) >= 11 is 1.65. The van der Waals surface area contributed by atoms with Crippen LogP contribution >= 0.6 is 11.3 Å². The fourth-order valence-electron chi connectivity index (χ4n) is 1.39. The normalized spacial score (nSPS) is 14.0. The Morgan fingerprint density at radius 1 is 1.44 bits per heavy atom. The van der Waals surface area contributed by atoms with E-state index in [9.17, 15) is 8.42 Å². The minimum Gasteiger partial charge on any atom is -0.307 e. The molecule has 0 fully saturated rings. The second-order valence-electron chi connectivity index (χ2n) is 4.12. The Labute approximate surface area is 101 Å². The molecule has 0 radical (unpaired) electrons. The Morgan fingerprint density at radius 2 is 2.06 bits per heavy atom. The summed E-state index contributed by atoms with van der Waals surface area (Å²) in [4.78, 5) is 5.60.